The van der Waals surface area contributed by atoms with Gasteiger partial charge in [0.15, 0.2) is 0 Å². The van der Waals surface area contributed by atoms with E-state index in [2.05, 4.69) is 10.6 Å². The highest BCUT2D eigenvalue weighted by Gasteiger charge is 2.34. The van der Waals surface area contributed by atoms with E-state index in [1.807, 2.05) is 0 Å². The zero-order chi connectivity index (χ0) is 16.4. The van der Waals surface area contributed by atoms with Crippen LogP contribution in [0.1, 0.15) is 51.9 Å². The Kier molecular flexibility index (Phi) is 6.93. The summed E-state index contributed by atoms with van der Waals surface area (Å²) in [7, 11) is -3.09. The van der Waals surface area contributed by atoms with Gasteiger partial charge in [0.25, 0.3) is 0 Å². The number of nitrogens with one attached hydrogen (secondary N) is 2. The fraction of sp³-hybridized carbons (Fsp3) is 0.938. The quantitative estimate of drug-likeness (QED) is 0.753. The van der Waals surface area contributed by atoms with Crippen LogP contribution in [0.5, 0.6) is 0 Å². The first kappa shape index (κ1) is 19.9. The van der Waals surface area contributed by atoms with Gasteiger partial charge < -0.3 is 10.6 Å². The number of carbonyl (C=O) groups excluding carboxylic acids is 1. The fourth-order valence-corrected chi connectivity index (χ4v) is 5.48. The molecule has 0 aromatic heterocycles. The maximum Gasteiger partial charge on any atom is 0.220 e. The van der Waals surface area contributed by atoms with E-state index in [0.717, 1.165) is 25.7 Å². The van der Waals surface area contributed by atoms with Gasteiger partial charge in [0.2, 0.25) is 15.9 Å². The molecule has 3 saturated heterocycles. The van der Waals surface area contributed by atoms with Crippen molar-refractivity contribution in [3.8, 4) is 0 Å². The summed E-state index contributed by atoms with van der Waals surface area (Å²) in [6.45, 7) is 2.73. The first-order valence-electron chi connectivity index (χ1n) is 8.99. The largest absolute Gasteiger partial charge is 0.353 e. The number of halogens is 1. The van der Waals surface area contributed by atoms with E-state index >= 15 is 0 Å². The molecule has 3 rings (SSSR count). The van der Waals surface area contributed by atoms with Gasteiger partial charge in [-0.25, -0.2) is 12.7 Å². The summed E-state index contributed by atoms with van der Waals surface area (Å²) in [6.07, 6.45) is 6.83. The molecule has 2 atom stereocenters. The molecule has 24 heavy (non-hydrogen) atoms. The van der Waals surface area contributed by atoms with Crippen LogP contribution < -0.4 is 10.6 Å². The minimum absolute atomic E-state index is 0. The third-order valence-electron chi connectivity index (χ3n) is 5.62. The molecule has 0 aromatic rings. The van der Waals surface area contributed by atoms with Crippen molar-refractivity contribution in [2.75, 3.05) is 18.8 Å². The summed E-state index contributed by atoms with van der Waals surface area (Å²) in [4.78, 5) is 12.3. The highest BCUT2D eigenvalue weighted by atomic mass is 35.5. The third kappa shape index (κ3) is 4.84. The van der Waals surface area contributed by atoms with Crippen molar-refractivity contribution in [1.29, 1.82) is 0 Å². The molecule has 0 aromatic carbocycles. The summed E-state index contributed by atoms with van der Waals surface area (Å²) in [5.74, 6) is 0.810. The van der Waals surface area contributed by atoms with Crippen LogP contribution in [0.4, 0.5) is 0 Å². The van der Waals surface area contributed by atoms with Gasteiger partial charge in [-0.3, -0.25) is 4.79 Å². The molecule has 0 saturated carbocycles. The predicted molar refractivity (Wildman–Crippen MR) is 96.7 cm³/mol. The van der Waals surface area contributed by atoms with Crippen molar-refractivity contribution >= 4 is 28.3 Å². The van der Waals surface area contributed by atoms with Gasteiger partial charge in [-0.1, -0.05) is 0 Å². The fourth-order valence-electron chi connectivity index (χ4n) is 4.35. The molecule has 3 fully saturated rings. The van der Waals surface area contributed by atoms with Crippen LogP contribution in [-0.2, 0) is 14.8 Å². The van der Waals surface area contributed by atoms with Gasteiger partial charge in [0, 0.05) is 37.6 Å². The molecule has 2 bridgehead atoms. The van der Waals surface area contributed by atoms with E-state index in [0.29, 0.717) is 37.5 Å². The van der Waals surface area contributed by atoms with Crippen LogP contribution in [-0.4, -0.2) is 55.6 Å². The summed E-state index contributed by atoms with van der Waals surface area (Å²) < 4.78 is 25.2. The van der Waals surface area contributed by atoms with E-state index in [-0.39, 0.29) is 30.1 Å². The van der Waals surface area contributed by atoms with Crippen LogP contribution in [0.25, 0.3) is 0 Å². The van der Waals surface area contributed by atoms with Crippen LogP contribution in [0.15, 0.2) is 0 Å². The maximum absolute atomic E-state index is 12.3. The minimum atomic E-state index is -3.09. The number of rotatable bonds is 5. The summed E-state index contributed by atoms with van der Waals surface area (Å²) >= 11 is 0. The predicted octanol–water partition coefficient (Wildman–Crippen LogP) is 1.26. The van der Waals surface area contributed by atoms with Crippen LogP contribution >= 0.6 is 12.4 Å². The van der Waals surface area contributed by atoms with Gasteiger partial charge in [-0.2, -0.15) is 0 Å². The Bertz CT molecular complexity index is 523. The highest BCUT2D eigenvalue weighted by molar-refractivity contribution is 7.89. The van der Waals surface area contributed by atoms with Crippen molar-refractivity contribution in [2.24, 2.45) is 5.92 Å². The summed E-state index contributed by atoms with van der Waals surface area (Å²) in [5.41, 5.74) is 0. The number of sulfonamides is 1. The molecule has 3 aliphatic heterocycles. The van der Waals surface area contributed by atoms with Crippen molar-refractivity contribution in [3.05, 3.63) is 0 Å². The molecule has 0 spiro atoms. The Balaban J connectivity index is 0.00000208. The molecule has 0 aliphatic carbocycles. The van der Waals surface area contributed by atoms with E-state index in [1.165, 1.54) is 12.8 Å². The Morgan fingerprint density at radius 1 is 1.12 bits per heavy atom. The summed E-state index contributed by atoms with van der Waals surface area (Å²) in [6, 6.07) is 1.37. The number of hydrogen-bond acceptors (Lipinski definition) is 4. The molecule has 0 radical (unpaired) electrons. The standard InChI is InChI=1S/C16H29N3O3S.ClH/c1-2-23(21,22)19-7-5-13(6-8-19)18-16(20)11-12-9-14-3-4-15(10-12)17-14;/h12-15,17H,2-11H2,1H3,(H,18,20);1H. The van der Waals surface area contributed by atoms with E-state index in [9.17, 15) is 13.2 Å². The SMILES string of the molecule is CCS(=O)(=O)N1CCC(NC(=O)CC2CC3CCC(C2)N3)CC1.Cl. The number of nitrogens with zero attached hydrogens (tertiary/aromatic N) is 1. The van der Waals surface area contributed by atoms with Gasteiger partial charge in [-0.05, 0) is 51.4 Å². The average molecular weight is 380 g/mol. The lowest BCUT2D eigenvalue weighted by molar-refractivity contribution is -0.123. The van der Waals surface area contributed by atoms with Gasteiger partial charge >= 0.3 is 0 Å². The van der Waals surface area contributed by atoms with E-state index in [1.54, 1.807) is 11.2 Å². The number of carbonyl (C=O) groups is 1. The van der Waals surface area contributed by atoms with Crippen molar-refractivity contribution < 1.29 is 13.2 Å². The summed E-state index contributed by atoms with van der Waals surface area (Å²) in [5, 5.41) is 6.73. The lowest BCUT2D eigenvalue weighted by atomic mass is 9.89. The van der Waals surface area contributed by atoms with Crippen molar-refractivity contribution in [1.82, 2.24) is 14.9 Å². The number of hydrogen-bond donors (Lipinski definition) is 2. The Morgan fingerprint density at radius 2 is 1.71 bits per heavy atom. The lowest BCUT2D eigenvalue weighted by Gasteiger charge is -2.32. The molecule has 8 heteroatoms. The first-order chi connectivity index (χ1) is 11.0. The third-order valence-corrected chi connectivity index (χ3v) is 7.50. The zero-order valence-electron chi connectivity index (χ0n) is 14.4. The van der Waals surface area contributed by atoms with Crippen molar-refractivity contribution in [2.45, 2.75) is 70.0 Å². The molecule has 1 amide bonds. The molecule has 2 N–H and O–H groups in total. The number of amides is 1. The molecular weight excluding hydrogens is 350 g/mol. The molecule has 3 aliphatic rings. The lowest BCUT2D eigenvalue weighted by Crippen LogP contribution is -2.47. The maximum atomic E-state index is 12.3. The molecule has 3 heterocycles. The Morgan fingerprint density at radius 3 is 2.25 bits per heavy atom. The molecular formula is C16H30ClN3O3S. The smallest absolute Gasteiger partial charge is 0.220 e. The van der Waals surface area contributed by atoms with Gasteiger partial charge in [0.1, 0.15) is 0 Å². The number of piperidine rings is 2. The Labute approximate surface area is 151 Å². The second-order valence-electron chi connectivity index (χ2n) is 7.32. The molecule has 2 unspecified atom stereocenters. The van der Waals surface area contributed by atoms with Gasteiger partial charge in [-0.15, -0.1) is 12.4 Å². The normalized spacial score (nSPS) is 31.5. The Hall–Kier alpha value is -0.370. The topological polar surface area (TPSA) is 78.5 Å². The average Bonchev–Trinajstić information content (AvgIpc) is 2.86. The monoisotopic (exact) mass is 379 g/mol. The van der Waals surface area contributed by atoms with Crippen LogP contribution in [0.2, 0.25) is 0 Å². The van der Waals surface area contributed by atoms with E-state index in [4.69, 9.17) is 0 Å². The highest BCUT2D eigenvalue weighted by Crippen LogP contribution is 2.32. The van der Waals surface area contributed by atoms with Crippen LogP contribution in [0, 0.1) is 5.92 Å². The van der Waals surface area contributed by atoms with Crippen LogP contribution in [0.3, 0.4) is 0 Å². The zero-order valence-corrected chi connectivity index (χ0v) is 16.0. The second kappa shape index (κ2) is 8.34. The number of fused-ring (bicyclic) bond motifs is 2. The second-order valence-corrected chi connectivity index (χ2v) is 9.58. The molecule has 140 valence electrons. The van der Waals surface area contributed by atoms with E-state index < -0.39 is 10.0 Å². The van der Waals surface area contributed by atoms with Gasteiger partial charge in [0.05, 0.1) is 5.75 Å². The molecule has 6 nitrogen and oxygen atoms in total. The first-order valence-corrected chi connectivity index (χ1v) is 10.6. The van der Waals surface area contributed by atoms with Crippen molar-refractivity contribution in [3.63, 3.8) is 0 Å². The minimum Gasteiger partial charge on any atom is -0.353 e.